The van der Waals surface area contributed by atoms with Crippen LogP contribution >= 0.6 is 0 Å². The fourth-order valence-corrected chi connectivity index (χ4v) is 3.18. The Bertz CT molecular complexity index is 766. The molecule has 2 amide bonds. The van der Waals surface area contributed by atoms with Gasteiger partial charge in [-0.05, 0) is 54.7 Å². The zero-order valence-electron chi connectivity index (χ0n) is 14.8. The number of rotatable bonds is 4. The van der Waals surface area contributed by atoms with E-state index in [1.54, 1.807) is 17.0 Å². The summed E-state index contributed by atoms with van der Waals surface area (Å²) in [5.41, 5.74) is 3.42. The van der Waals surface area contributed by atoms with Gasteiger partial charge in [-0.1, -0.05) is 32.0 Å². The molecule has 0 radical (unpaired) electrons. The molecule has 25 heavy (non-hydrogen) atoms. The van der Waals surface area contributed by atoms with E-state index >= 15 is 0 Å². The van der Waals surface area contributed by atoms with E-state index in [9.17, 15) is 9.59 Å². The average Bonchev–Trinajstić information content (AvgIpc) is 2.62. The number of nitrogens with zero attached hydrogens (tertiary/aromatic N) is 1. The van der Waals surface area contributed by atoms with Gasteiger partial charge in [0.2, 0.25) is 5.91 Å². The van der Waals surface area contributed by atoms with Crippen molar-refractivity contribution in [3.8, 4) is 0 Å². The van der Waals surface area contributed by atoms with Gasteiger partial charge in [-0.3, -0.25) is 9.59 Å². The number of para-hydroxylation sites is 1. The van der Waals surface area contributed by atoms with Crippen molar-refractivity contribution in [2.24, 2.45) is 0 Å². The summed E-state index contributed by atoms with van der Waals surface area (Å²) in [6.07, 6.45) is 2.60. The molecular weight excluding hydrogens is 312 g/mol. The number of carbonyl (C=O) groups is 2. The molecule has 4 nitrogen and oxygen atoms in total. The van der Waals surface area contributed by atoms with Gasteiger partial charge in [0.05, 0.1) is 0 Å². The molecule has 1 aliphatic heterocycles. The Morgan fingerprint density at radius 2 is 1.76 bits per heavy atom. The molecule has 4 heteroatoms. The molecule has 130 valence electrons. The molecule has 1 heterocycles. The van der Waals surface area contributed by atoms with E-state index in [0.717, 1.165) is 36.3 Å². The van der Waals surface area contributed by atoms with E-state index < -0.39 is 0 Å². The van der Waals surface area contributed by atoms with Crippen molar-refractivity contribution in [2.45, 2.75) is 39.0 Å². The second kappa shape index (κ2) is 7.51. The average molecular weight is 336 g/mol. The first-order valence-corrected chi connectivity index (χ1v) is 8.87. The lowest BCUT2D eigenvalue weighted by Gasteiger charge is -2.26. The maximum atomic E-state index is 12.5. The molecule has 0 aromatic heterocycles. The van der Waals surface area contributed by atoms with E-state index in [1.807, 2.05) is 36.4 Å². The number of hydrogen-bond acceptors (Lipinski definition) is 2. The van der Waals surface area contributed by atoms with Crippen LogP contribution in [-0.2, 0) is 4.79 Å². The molecule has 1 N–H and O–H groups in total. The van der Waals surface area contributed by atoms with Crippen LogP contribution in [0.3, 0.4) is 0 Å². The van der Waals surface area contributed by atoms with Crippen molar-refractivity contribution < 1.29 is 9.59 Å². The third-order valence-electron chi connectivity index (χ3n) is 4.60. The Hall–Kier alpha value is -2.62. The van der Waals surface area contributed by atoms with Crippen LogP contribution in [-0.4, -0.2) is 18.4 Å². The number of carbonyl (C=O) groups excluding carboxylic acids is 2. The van der Waals surface area contributed by atoms with Gasteiger partial charge in [-0.2, -0.15) is 0 Å². The predicted octanol–water partition coefficient (Wildman–Crippen LogP) is 4.58. The monoisotopic (exact) mass is 336 g/mol. The smallest absolute Gasteiger partial charge is 0.255 e. The highest BCUT2D eigenvalue weighted by Crippen LogP contribution is 2.25. The molecule has 2 aromatic rings. The summed E-state index contributed by atoms with van der Waals surface area (Å²) in [7, 11) is 0. The number of nitrogens with one attached hydrogen (secondary N) is 1. The Kier molecular flexibility index (Phi) is 5.17. The zero-order valence-corrected chi connectivity index (χ0v) is 14.8. The molecular formula is C21H24N2O2. The summed E-state index contributed by atoms with van der Waals surface area (Å²) in [6, 6.07) is 15.1. The van der Waals surface area contributed by atoms with E-state index in [-0.39, 0.29) is 11.8 Å². The third-order valence-corrected chi connectivity index (χ3v) is 4.60. The highest BCUT2D eigenvalue weighted by molar-refractivity contribution is 6.05. The van der Waals surface area contributed by atoms with Gasteiger partial charge in [0, 0.05) is 29.9 Å². The SMILES string of the molecule is CC(C)c1ccccc1NC(=O)c1ccc(N2CCCCC2=O)cc1. The molecule has 0 unspecified atom stereocenters. The third kappa shape index (κ3) is 3.90. The molecule has 0 aliphatic carbocycles. The van der Waals surface area contributed by atoms with Gasteiger partial charge in [0.25, 0.3) is 5.91 Å². The first-order valence-electron chi connectivity index (χ1n) is 8.87. The zero-order chi connectivity index (χ0) is 17.8. The maximum Gasteiger partial charge on any atom is 0.255 e. The first-order chi connectivity index (χ1) is 12.1. The quantitative estimate of drug-likeness (QED) is 0.888. The van der Waals surface area contributed by atoms with Gasteiger partial charge in [-0.25, -0.2) is 0 Å². The topological polar surface area (TPSA) is 49.4 Å². The van der Waals surface area contributed by atoms with Gasteiger partial charge in [-0.15, -0.1) is 0 Å². The highest BCUT2D eigenvalue weighted by atomic mass is 16.2. The summed E-state index contributed by atoms with van der Waals surface area (Å²) < 4.78 is 0. The molecule has 3 rings (SSSR count). The Morgan fingerprint density at radius 1 is 1.04 bits per heavy atom. The second-order valence-electron chi connectivity index (χ2n) is 6.75. The summed E-state index contributed by atoms with van der Waals surface area (Å²) >= 11 is 0. The van der Waals surface area contributed by atoms with E-state index in [4.69, 9.17) is 0 Å². The maximum absolute atomic E-state index is 12.5. The Morgan fingerprint density at radius 3 is 2.44 bits per heavy atom. The van der Waals surface area contributed by atoms with Crippen LogP contribution < -0.4 is 10.2 Å². The lowest BCUT2D eigenvalue weighted by molar-refractivity contribution is -0.119. The standard InChI is InChI=1S/C21H24N2O2/c1-15(2)18-7-3-4-8-19(18)22-21(25)16-10-12-17(13-11-16)23-14-6-5-9-20(23)24/h3-4,7-8,10-13,15H,5-6,9,14H2,1-2H3,(H,22,25). The van der Waals surface area contributed by atoms with Crippen molar-refractivity contribution in [1.29, 1.82) is 0 Å². The molecule has 0 atom stereocenters. The minimum atomic E-state index is -0.135. The van der Waals surface area contributed by atoms with Crippen LogP contribution in [0.15, 0.2) is 48.5 Å². The molecule has 1 fully saturated rings. The fourth-order valence-electron chi connectivity index (χ4n) is 3.18. The van der Waals surface area contributed by atoms with Crippen LogP contribution in [0, 0.1) is 0 Å². The van der Waals surface area contributed by atoms with Gasteiger partial charge >= 0.3 is 0 Å². The van der Waals surface area contributed by atoms with Crippen LogP contribution in [0.2, 0.25) is 0 Å². The molecule has 1 aliphatic rings. The van der Waals surface area contributed by atoms with Gasteiger partial charge in [0.15, 0.2) is 0 Å². The van der Waals surface area contributed by atoms with Crippen molar-refractivity contribution in [2.75, 3.05) is 16.8 Å². The predicted molar refractivity (Wildman–Crippen MR) is 101 cm³/mol. The summed E-state index contributed by atoms with van der Waals surface area (Å²) in [4.78, 5) is 26.4. The number of hydrogen-bond donors (Lipinski definition) is 1. The Balaban J connectivity index is 1.74. The van der Waals surface area contributed by atoms with Crippen LogP contribution in [0.5, 0.6) is 0 Å². The molecule has 0 bridgehead atoms. The fraction of sp³-hybridized carbons (Fsp3) is 0.333. The van der Waals surface area contributed by atoms with E-state index in [0.29, 0.717) is 17.9 Å². The van der Waals surface area contributed by atoms with E-state index in [1.165, 1.54) is 0 Å². The Labute approximate surface area is 148 Å². The van der Waals surface area contributed by atoms with Gasteiger partial charge < -0.3 is 10.2 Å². The van der Waals surface area contributed by atoms with Crippen LogP contribution in [0.1, 0.15) is 54.9 Å². The van der Waals surface area contributed by atoms with Crippen molar-refractivity contribution in [3.63, 3.8) is 0 Å². The molecule has 0 spiro atoms. The lowest BCUT2D eigenvalue weighted by Crippen LogP contribution is -2.35. The minimum absolute atomic E-state index is 0.135. The molecule has 2 aromatic carbocycles. The normalized spacial score (nSPS) is 14.7. The second-order valence-corrected chi connectivity index (χ2v) is 6.75. The van der Waals surface area contributed by atoms with E-state index in [2.05, 4.69) is 19.2 Å². The van der Waals surface area contributed by atoms with Gasteiger partial charge in [0.1, 0.15) is 0 Å². The number of amides is 2. The van der Waals surface area contributed by atoms with Crippen LogP contribution in [0.25, 0.3) is 0 Å². The van der Waals surface area contributed by atoms with Crippen molar-refractivity contribution in [1.82, 2.24) is 0 Å². The number of piperidine rings is 1. The minimum Gasteiger partial charge on any atom is -0.322 e. The molecule has 0 saturated carbocycles. The number of benzene rings is 2. The first kappa shape index (κ1) is 17.2. The summed E-state index contributed by atoms with van der Waals surface area (Å²) in [5, 5.41) is 3.00. The number of anilines is 2. The lowest BCUT2D eigenvalue weighted by atomic mass is 10.0. The summed E-state index contributed by atoms with van der Waals surface area (Å²) in [6.45, 7) is 4.97. The van der Waals surface area contributed by atoms with Crippen molar-refractivity contribution in [3.05, 3.63) is 59.7 Å². The largest absolute Gasteiger partial charge is 0.322 e. The highest BCUT2D eigenvalue weighted by Gasteiger charge is 2.19. The molecule has 1 saturated heterocycles. The van der Waals surface area contributed by atoms with Crippen molar-refractivity contribution >= 4 is 23.2 Å². The van der Waals surface area contributed by atoms with Crippen LogP contribution in [0.4, 0.5) is 11.4 Å². The summed E-state index contributed by atoms with van der Waals surface area (Å²) in [5.74, 6) is 0.364.